The summed E-state index contributed by atoms with van der Waals surface area (Å²) in [7, 11) is 1.47. The summed E-state index contributed by atoms with van der Waals surface area (Å²) in [4.78, 5) is 30.6. The topological polar surface area (TPSA) is 85.2 Å². The molecule has 0 amide bonds. The average molecular weight is 385 g/mol. The van der Waals surface area contributed by atoms with E-state index < -0.39 is 17.8 Å². The zero-order valence-corrected chi connectivity index (χ0v) is 17.0. The van der Waals surface area contributed by atoms with E-state index in [4.69, 9.17) is 9.47 Å². The van der Waals surface area contributed by atoms with Gasteiger partial charge in [0.1, 0.15) is 5.92 Å². The van der Waals surface area contributed by atoms with Crippen molar-refractivity contribution in [3.63, 3.8) is 0 Å². The monoisotopic (exact) mass is 385 g/mol. The highest BCUT2D eigenvalue weighted by atomic mass is 16.5. The van der Waals surface area contributed by atoms with Gasteiger partial charge >= 0.3 is 5.97 Å². The highest BCUT2D eigenvalue weighted by Gasteiger charge is 2.46. The van der Waals surface area contributed by atoms with Crippen LogP contribution >= 0.6 is 0 Å². The van der Waals surface area contributed by atoms with Crippen molar-refractivity contribution in [1.82, 2.24) is 0 Å². The fraction of sp³-hybridized carbons (Fsp3) is 0.500. The van der Waals surface area contributed by atoms with E-state index in [1.54, 1.807) is 19.1 Å². The predicted molar refractivity (Wildman–Crippen MR) is 106 cm³/mol. The Hall–Kier alpha value is -2.63. The van der Waals surface area contributed by atoms with E-state index in [0.29, 0.717) is 29.9 Å². The molecule has 1 aromatic rings. The number of allylic oxidation sites excluding steroid dienone is 2. The van der Waals surface area contributed by atoms with E-state index in [9.17, 15) is 14.7 Å². The van der Waals surface area contributed by atoms with E-state index in [-0.39, 0.29) is 23.6 Å². The van der Waals surface area contributed by atoms with Crippen molar-refractivity contribution in [1.29, 1.82) is 0 Å². The smallest absolute Gasteiger partial charge is 0.315 e. The van der Waals surface area contributed by atoms with Gasteiger partial charge in [-0.05, 0) is 43.4 Å². The van der Waals surface area contributed by atoms with Gasteiger partial charge in [-0.1, -0.05) is 19.9 Å². The number of ketones is 1. The van der Waals surface area contributed by atoms with Gasteiger partial charge in [0.15, 0.2) is 17.3 Å². The fourth-order valence-corrected chi connectivity index (χ4v) is 4.23. The maximum Gasteiger partial charge on any atom is 0.315 e. The zero-order chi connectivity index (χ0) is 20.6. The molecule has 1 aliphatic heterocycles. The third-order valence-electron chi connectivity index (χ3n) is 5.41. The lowest BCUT2D eigenvalue weighted by Gasteiger charge is -2.39. The summed E-state index contributed by atoms with van der Waals surface area (Å²) in [5.41, 5.74) is 2.52. The van der Waals surface area contributed by atoms with Crippen LogP contribution in [0.15, 0.2) is 34.5 Å². The lowest BCUT2D eigenvalue weighted by molar-refractivity contribution is -0.146. The van der Waals surface area contributed by atoms with Crippen LogP contribution in [0.5, 0.6) is 11.5 Å². The molecule has 1 unspecified atom stereocenters. The molecule has 2 aliphatic rings. The Morgan fingerprint density at radius 1 is 1.32 bits per heavy atom. The number of ether oxygens (including phenoxy) is 2. The Balaban J connectivity index is 2.20. The summed E-state index contributed by atoms with van der Waals surface area (Å²) >= 11 is 0. The number of carbonyl (C=O) groups excluding carboxylic acids is 2. The molecule has 0 saturated carbocycles. The number of esters is 1. The third-order valence-corrected chi connectivity index (χ3v) is 5.41. The predicted octanol–water partition coefficient (Wildman–Crippen LogP) is 3.78. The molecule has 1 heterocycles. The Labute approximate surface area is 165 Å². The van der Waals surface area contributed by atoms with Crippen LogP contribution in [0, 0.1) is 11.3 Å². The van der Waals surface area contributed by atoms with Gasteiger partial charge in [0.25, 0.3) is 0 Å². The minimum Gasteiger partial charge on any atom is -0.504 e. The number of carbonyl (C=O) groups is 2. The number of Topliss-reactive ketones (excluding diaryl/α,β-unsaturated/α-hetero) is 1. The molecule has 6 heteroatoms. The first-order valence-electron chi connectivity index (χ1n) is 9.53. The van der Waals surface area contributed by atoms with Crippen LogP contribution < -0.4 is 4.74 Å². The maximum absolute atomic E-state index is 13.1. The molecule has 1 aliphatic carbocycles. The molecule has 3 rings (SSSR count). The number of phenolic OH excluding ortho intramolecular Hbond substituents is 1. The van der Waals surface area contributed by atoms with Crippen molar-refractivity contribution in [2.75, 3.05) is 13.7 Å². The summed E-state index contributed by atoms with van der Waals surface area (Å²) in [5, 5.41) is 9.98. The van der Waals surface area contributed by atoms with E-state index in [0.717, 1.165) is 11.3 Å². The Kier molecular flexibility index (Phi) is 5.33. The molecule has 150 valence electrons. The van der Waals surface area contributed by atoms with E-state index in [1.807, 2.05) is 6.92 Å². The van der Waals surface area contributed by atoms with Crippen LogP contribution in [0.4, 0.5) is 0 Å². The molecule has 2 atom stereocenters. The molecular formula is C22H27NO5. The molecular weight excluding hydrogens is 358 g/mol. The highest BCUT2D eigenvalue weighted by Crippen LogP contribution is 2.48. The van der Waals surface area contributed by atoms with Gasteiger partial charge in [0.05, 0.1) is 13.7 Å². The number of hydrogen-bond donors (Lipinski definition) is 1. The van der Waals surface area contributed by atoms with Crippen LogP contribution in [-0.2, 0) is 14.3 Å². The summed E-state index contributed by atoms with van der Waals surface area (Å²) in [5.74, 6) is -1.28. The van der Waals surface area contributed by atoms with Gasteiger partial charge in [-0.2, -0.15) is 0 Å². The second-order valence-electron chi connectivity index (χ2n) is 8.19. The Morgan fingerprint density at radius 2 is 2.04 bits per heavy atom. The Bertz CT molecular complexity index is 881. The number of rotatable bonds is 4. The minimum absolute atomic E-state index is 0.00504. The second-order valence-corrected chi connectivity index (χ2v) is 8.19. The van der Waals surface area contributed by atoms with E-state index in [1.165, 1.54) is 13.2 Å². The highest BCUT2D eigenvalue weighted by molar-refractivity contribution is 6.09. The maximum atomic E-state index is 13.1. The average Bonchev–Trinajstić information content (AvgIpc) is 2.60. The second kappa shape index (κ2) is 7.41. The first kappa shape index (κ1) is 20.1. The molecule has 6 nitrogen and oxygen atoms in total. The number of aromatic hydroxyl groups is 1. The van der Waals surface area contributed by atoms with Crippen molar-refractivity contribution in [3.05, 3.63) is 35.0 Å². The van der Waals surface area contributed by atoms with Gasteiger partial charge in [-0.25, -0.2) is 0 Å². The first-order valence-corrected chi connectivity index (χ1v) is 9.53. The van der Waals surface area contributed by atoms with Crippen LogP contribution in [0.25, 0.3) is 0 Å². The lowest BCUT2D eigenvalue weighted by Crippen LogP contribution is -2.39. The molecule has 1 aromatic carbocycles. The summed E-state index contributed by atoms with van der Waals surface area (Å²) < 4.78 is 10.6. The van der Waals surface area contributed by atoms with E-state index in [2.05, 4.69) is 18.8 Å². The summed E-state index contributed by atoms with van der Waals surface area (Å²) in [6.07, 6.45) is 1.08. The van der Waals surface area contributed by atoms with Crippen molar-refractivity contribution in [3.8, 4) is 11.5 Å². The van der Waals surface area contributed by atoms with Crippen LogP contribution in [0.1, 0.15) is 52.0 Å². The SMILES string of the molecule is CCOC(=O)C1C(C)=NC2=C(C(=O)CC(C)(C)C2)[C@@H]1c1ccc(O)c(OC)c1. The van der Waals surface area contributed by atoms with Crippen LogP contribution in [0.3, 0.4) is 0 Å². The van der Waals surface area contributed by atoms with Gasteiger partial charge in [-0.3, -0.25) is 14.6 Å². The molecule has 1 N–H and O–H groups in total. The van der Waals surface area contributed by atoms with Gasteiger partial charge in [0.2, 0.25) is 0 Å². The van der Waals surface area contributed by atoms with Gasteiger partial charge < -0.3 is 14.6 Å². The third kappa shape index (κ3) is 3.55. The molecule has 0 bridgehead atoms. The zero-order valence-electron chi connectivity index (χ0n) is 17.0. The number of aliphatic imine (C=N–C) groups is 1. The molecule has 0 aromatic heterocycles. The van der Waals surface area contributed by atoms with Crippen molar-refractivity contribution >= 4 is 17.5 Å². The van der Waals surface area contributed by atoms with Crippen molar-refractivity contribution < 1.29 is 24.2 Å². The fourth-order valence-electron chi connectivity index (χ4n) is 4.23. The number of hydrogen-bond acceptors (Lipinski definition) is 6. The Morgan fingerprint density at radius 3 is 2.68 bits per heavy atom. The number of nitrogens with zero attached hydrogens (tertiary/aromatic N) is 1. The first-order chi connectivity index (χ1) is 13.2. The van der Waals surface area contributed by atoms with Crippen molar-refractivity contribution in [2.45, 2.75) is 46.5 Å². The molecule has 28 heavy (non-hydrogen) atoms. The normalized spacial score (nSPS) is 23.8. The lowest BCUT2D eigenvalue weighted by atomic mass is 9.67. The quantitative estimate of drug-likeness (QED) is 0.797. The number of benzene rings is 1. The van der Waals surface area contributed by atoms with Crippen LogP contribution in [-0.4, -0.2) is 36.3 Å². The molecule has 0 saturated heterocycles. The summed E-state index contributed by atoms with van der Waals surface area (Å²) in [6.45, 7) is 7.92. The number of phenols is 1. The largest absolute Gasteiger partial charge is 0.504 e. The molecule has 0 radical (unpaired) electrons. The standard InChI is InChI=1S/C22H27NO5/c1-6-28-21(26)18-12(2)23-14-10-22(3,4)11-16(25)20(14)19(18)13-7-8-15(24)17(9-13)27-5/h7-9,18-19,24H,6,10-11H2,1-5H3/t18?,19-/m1/s1. The van der Waals surface area contributed by atoms with Gasteiger partial charge in [-0.15, -0.1) is 0 Å². The van der Waals surface area contributed by atoms with E-state index >= 15 is 0 Å². The minimum atomic E-state index is -0.682. The molecule has 0 fully saturated rings. The molecule has 0 spiro atoms. The number of methoxy groups -OCH3 is 1. The van der Waals surface area contributed by atoms with Gasteiger partial charge in [0, 0.05) is 29.3 Å². The summed E-state index contributed by atoms with van der Waals surface area (Å²) in [6, 6.07) is 4.93. The van der Waals surface area contributed by atoms with Crippen LogP contribution in [0.2, 0.25) is 0 Å². The van der Waals surface area contributed by atoms with Crippen molar-refractivity contribution in [2.24, 2.45) is 16.3 Å².